The van der Waals surface area contributed by atoms with Gasteiger partial charge < -0.3 is 4.90 Å². The summed E-state index contributed by atoms with van der Waals surface area (Å²) < 4.78 is 1.04. The minimum atomic E-state index is -0.115. The fourth-order valence-electron chi connectivity index (χ4n) is 2.61. The molecule has 0 saturated carbocycles. The first kappa shape index (κ1) is 14.9. The predicted molar refractivity (Wildman–Crippen MR) is 92.1 cm³/mol. The third kappa shape index (κ3) is 3.58. The fraction of sp³-hybridized carbons (Fsp3) is 0.375. The maximum atomic E-state index is 12.1. The van der Waals surface area contributed by atoms with Gasteiger partial charge in [0.15, 0.2) is 5.17 Å². The van der Waals surface area contributed by atoms with Gasteiger partial charge in [0.2, 0.25) is 0 Å². The van der Waals surface area contributed by atoms with Crippen molar-refractivity contribution in [3.63, 3.8) is 0 Å². The molecule has 0 spiro atoms. The van der Waals surface area contributed by atoms with Crippen LogP contribution in [0.15, 0.2) is 38.6 Å². The Hall–Kier alpha value is -1.07. The summed E-state index contributed by atoms with van der Waals surface area (Å²) in [6, 6.07) is 7.94. The summed E-state index contributed by atoms with van der Waals surface area (Å²) in [5.74, 6) is 0.563. The average Bonchev–Trinajstić information content (AvgIpc) is 2.83. The Bertz CT molecular complexity index is 609. The van der Waals surface area contributed by atoms with Crippen molar-refractivity contribution in [1.29, 1.82) is 0 Å². The van der Waals surface area contributed by atoms with Gasteiger partial charge in [-0.15, -0.1) is 0 Å². The van der Waals surface area contributed by atoms with Gasteiger partial charge in [0.1, 0.15) is 0 Å². The number of halogens is 1. The molecule has 1 unspecified atom stereocenters. The smallest absolute Gasteiger partial charge is 0.286 e. The zero-order valence-electron chi connectivity index (χ0n) is 11.9. The van der Waals surface area contributed by atoms with E-state index in [-0.39, 0.29) is 5.91 Å². The molecule has 0 aliphatic carbocycles. The minimum Gasteiger partial charge on any atom is -0.351 e. The molecule has 0 N–H and O–H groups in total. The molecule has 110 valence electrons. The van der Waals surface area contributed by atoms with Gasteiger partial charge in [-0.05, 0) is 54.3 Å². The number of amides is 1. The number of nitrogens with zero attached hydrogens (tertiary/aromatic N) is 2. The van der Waals surface area contributed by atoms with E-state index >= 15 is 0 Å². The first-order valence-electron chi connectivity index (χ1n) is 7.15. The van der Waals surface area contributed by atoms with E-state index in [0.29, 0.717) is 10.8 Å². The van der Waals surface area contributed by atoms with Gasteiger partial charge in [-0.3, -0.25) is 4.79 Å². The molecule has 1 aromatic rings. The Morgan fingerprint density at radius 1 is 1.38 bits per heavy atom. The first-order valence-corrected chi connectivity index (χ1v) is 8.76. The van der Waals surface area contributed by atoms with E-state index in [9.17, 15) is 4.79 Å². The molecule has 0 radical (unpaired) electrons. The minimum absolute atomic E-state index is 0.115. The lowest BCUT2D eigenvalue weighted by Crippen LogP contribution is -2.37. The second kappa shape index (κ2) is 6.36. The number of piperidine rings is 1. The predicted octanol–water partition coefficient (Wildman–Crippen LogP) is 4.15. The molecule has 1 aromatic carbocycles. The van der Waals surface area contributed by atoms with Crippen molar-refractivity contribution in [2.24, 2.45) is 10.9 Å². The molecule has 2 aliphatic heterocycles. The van der Waals surface area contributed by atoms with Crippen molar-refractivity contribution in [2.45, 2.75) is 19.8 Å². The SMILES string of the molecule is CC1CCCN(C2=NC(=O)C(=Cc3ccc(Br)cc3)S2)C1. The number of thioether (sulfide) groups is 1. The Morgan fingerprint density at radius 2 is 2.14 bits per heavy atom. The number of likely N-dealkylation sites (tertiary alicyclic amines) is 1. The van der Waals surface area contributed by atoms with Crippen LogP contribution in [0.2, 0.25) is 0 Å². The van der Waals surface area contributed by atoms with E-state index in [1.807, 2.05) is 30.3 Å². The summed E-state index contributed by atoms with van der Waals surface area (Å²) in [6.07, 6.45) is 4.37. The zero-order chi connectivity index (χ0) is 14.8. The highest BCUT2D eigenvalue weighted by molar-refractivity contribution is 9.10. The monoisotopic (exact) mass is 364 g/mol. The average molecular weight is 365 g/mol. The van der Waals surface area contributed by atoms with E-state index in [1.165, 1.54) is 24.6 Å². The molecule has 0 bridgehead atoms. The Morgan fingerprint density at radius 3 is 2.86 bits per heavy atom. The number of aliphatic imine (C=N–C) groups is 1. The third-order valence-corrected chi connectivity index (χ3v) is 5.28. The molecular formula is C16H17BrN2OS. The number of hydrogen-bond donors (Lipinski definition) is 0. The molecule has 1 fully saturated rings. The number of benzene rings is 1. The van der Waals surface area contributed by atoms with Crippen molar-refractivity contribution in [1.82, 2.24) is 4.90 Å². The van der Waals surface area contributed by atoms with Gasteiger partial charge in [-0.25, -0.2) is 0 Å². The summed E-state index contributed by atoms with van der Waals surface area (Å²) in [5, 5.41) is 0.870. The lowest BCUT2D eigenvalue weighted by molar-refractivity contribution is -0.113. The van der Waals surface area contributed by atoms with Crippen molar-refractivity contribution in [3.8, 4) is 0 Å². The summed E-state index contributed by atoms with van der Waals surface area (Å²) in [4.78, 5) is 19.3. The van der Waals surface area contributed by atoms with Crippen molar-refractivity contribution in [3.05, 3.63) is 39.2 Å². The standard InChI is InChI=1S/C16H17BrN2OS/c1-11-3-2-8-19(10-11)16-18-15(20)14(21-16)9-12-4-6-13(17)7-5-12/h4-7,9,11H,2-3,8,10H2,1H3. The highest BCUT2D eigenvalue weighted by Crippen LogP contribution is 2.32. The molecule has 3 rings (SSSR count). The third-order valence-electron chi connectivity index (χ3n) is 3.70. The highest BCUT2D eigenvalue weighted by atomic mass is 79.9. The number of carbonyl (C=O) groups excluding carboxylic acids is 1. The van der Waals surface area contributed by atoms with Gasteiger partial charge in [-0.1, -0.05) is 35.0 Å². The Labute approximate surface area is 137 Å². The van der Waals surface area contributed by atoms with Crippen LogP contribution >= 0.6 is 27.7 Å². The number of rotatable bonds is 1. The van der Waals surface area contributed by atoms with Crippen LogP contribution in [0.25, 0.3) is 6.08 Å². The van der Waals surface area contributed by atoms with Gasteiger partial charge in [0.05, 0.1) is 4.91 Å². The number of carbonyl (C=O) groups is 1. The van der Waals surface area contributed by atoms with Gasteiger partial charge >= 0.3 is 0 Å². The normalized spacial score (nSPS) is 24.6. The van der Waals surface area contributed by atoms with Crippen LogP contribution in [-0.2, 0) is 4.79 Å². The maximum Gasteiger partial charge on any atom is 0.286 e. The lowest BCUT2D eigenvalue weighted by Gasteiger charge is -2.31. The van der Waals surface area contributed by atoms with Crippen molar-refractivity contribution >= 4 is 44.8 Å². The van der Waals surface area contributed by atoms with Crippen LogP contribution in [-0.4, -0.2) is 29.1 Å². The first-order chi connectivity index (χ1) is 10.1. The lowest BCUT2D eigenvalue weighted by atomic mass is 10.0. The molecule has 1 saturated heterocycles. The molecule has 3 nitrogen and oxygen atoms in total. The van der Waals surface area contributed by atoms with E-state index in [4.69, 9.17) is 0 Å². The summed E-state index contributed by atoms with van der Waals surface area (Å²) in [5.41, 5.74) is 1.03. The molecule has 2 heterocycles. The molecule has 2 aliphatic rings. The zero-order valence-corrected chi connectivity index (χ0v) is 14.3. The number of amidine groups is 1. The Balaban J connectivity index is 1.73. The molecule has 21 heavy (non-hydrogen) atoms. The van der Waals surface area contributed by atoms with Crippen LogP contribution in [0.5, 0.6) is 0 Å². The second-order valence-electron chi connectivity index (χ2n) is 5.56. The van der Waals surface area contributed by atoms with Crippen molar-refractivity contribution in [2.75, 3.05) is 13.1 Å². The maximum absolute atomic E-state index is 12.1. The summed E-state index contributed by atoms with van der Waals surface area (Å²) in [6.45, 7) is 4.27. The van der Waals surface area contributed by atoms with Gasteiger partial charge in [0.25, 0.3) is 5.91 Å². The van der Waals surface area contributed by atoms with Crippen LogP contribution < -0.4 is 0 Å². The molecule has 5 heteroatoms. The summed E-state index contributed by atoms with van der Waals surface area (Å²) >= 11 is 4.92. The largest absolute Gasteiger partial charge is 0.351 e. The van der Waals surface area contributed by atoms with E-state index in [1.54, 1.807) is 0 Å². The quantitative estimate of drug-likeness (QED) is 0.701. The van der Waals surface area contributed by atoms with E-state index in [0.717, 1.165) is 28.3 Å². The summed E-state index contributed by atoms with van der Waals surface area (Å²) in [7, 11) is 0. The van der Waals surface area contributed by atoms with Crippen LogP contribution in [0.1, 0.15) is 25.3 Å². The fourth-order valence-corrected chi connectivity index (χ4v) is 3.82. The van der Waals surface area contributed by atoms with Crippen molar-refractivity contribution < 1.29 is 4.79 Å². The van der Waals surface area contributed by atoms with E-state index in [2.05, 4.69) is 32.7 Å². The topological polar surface area (TPSA) is 32.7 Å². The highest BCUT2D eigenvalue weighted by Gasteiger charge is 2.28. The second-order valence-corrected chi connectivity index (χ2v) is 7.48. The van der Waals surface area contributed by atoms with Gasteiger partial charge in [-0.2, -0.15) is 4.99 Å². The van der Waals surface area contributed by atoms with Gasteiger partial charge in [0, 0.05) is 17.6 Å². The van der Waals surface area contributed by atoms with E-state index < -0.39 is 0 Å². The van der Waals surface area contributed by atoms with Crippen LogP contribution in [0, 0.1) is 5.92 Å². The van der Waals surface area contributed by atoms with Crippen LogP contribution in [0.3, 0.4) is 0 Å². The molecule has 0 aromatic heterocycles. The molecule has 1 amide bonds. The Kier molecular flexibility index (Phi) is 4.50. The van der Waals surface area contributed by atoms with Crippen LogP contribution in [0.4, 0.5) is 0 Å². The molecule has 1 atom stereocenters. The number of hydrogen-bond acceptors (Lipinski definition) is 3. The molecular weight excluding hydrogens is 348 g/mol.